The first-order chi connectivity index (χ1) is 8.45. The van der Waals surface area contributed by atoms with Crippen LogP contribution in [0, 0.1) is 5.41 Å². The molecule has 2 aliphatic rings. The highest BCUT2D eigenvalue weighted by Crippen LogP contribution is 2.66. The van der Waals surface area contributed by atoms with Gasteiger partial charge in [-0.25, -0.2) is 14.9 Å². The molecule has 1 N–H and O–H groups in total. The highest BCUT2D eigenvalue weighted by atomic mass is 16.2. The quantitative estimate of drug-likeness (QED) is 0.751. The first kappa shape index (κ1) is 10.2. The maximum Gasteiger partial charge on any atom is 0.365 e. The zero-order chi connectivity index (χ0) is 12.7. The minimum Gasteiger partial charge on any atom is -0.244 e. The van der Waals surface area contributed by atoms with Crippen LogP contribution in [0.15, 0.2) is 4.79 Å². The van der Waals surface area contributed by atoms with Gasteiger partial charge in [0.15, 0.2) is 0 Å². The fourth-order valence-corrected chi connectivity index (χ4v) is 3.80. The Bertz CT molecular complexity index is 728. The summed E-state index contributed by atoms with van der Waals surface area (Å²) in [6.45, 7) is 6.82. The van der Waals surface area contributed by atoms with Crippen LogP contribution in [0.1, 0.15) is 50.9 Å². The van der Waals surface area contributed by atoms with E-state index in [0.29, 0.717) is 11.7 Å². The van der Waals surface area contributed by atoms with E-state index < -0.39 is 0 Å². The van der Waals surface area contributed by atoms with Gasteiger partial charge >= 0.3 is 5.69 Å². The van der Waals surface area contributed by atoms with Crippen LogP contribution in [0.2, 0.25) is 0 Å². The van der Waals surface area contributed by atoms with Gasteiger partial charge in [0.25, 0.3) is 5.78 Å². The third kappa shape index (κ3) is 0.855. The van der Waals surface area contributed by atoms with Gasteiger partial charge in [0.1, 0.15) is 0 Å². The van der Waals surface area contributed by atoms with Gasteiger partial charge in [0.2, 0.25) is 0 Å². The highest BCUT2D eigenvalue weighted by Gasteiger charge is 2.61. The van der Waals surface area contributed by atoms with Gasteiger partial charge < -0.3 is 0 Å². The van der Waals surface area contributed by atoms with Crippen LogP contribution in [-0.4, -0.2) is 24.8 Å². The zero-order valence-electron chi connectivity index (χ0n) is 10.7. The van der Waals surface area contributed by atoms with Crippen LogP contribution in [-0.2, 0) is 5.41 Å². The fourth-order valence-electron chi connectivity index (χ4n) is 3.80. The van der Waals surface area contributed by atoms with Crippen molar-refractivity contribution in [2.75, 3.05) is 0 Å². The lowest BCUT2D eigenvalue weighted by molar-refractivity contribution is 0.227. The molecule has 0 amide bonds. The summed E-state index contributed by atoms with van der Waals surface area (Å²) in [6.07, 6.45) is 2.26. The van der Waals surface area contributed by atoms with Crippen molar-refractivity contribution in [3.8, 4) is 0 Å². The Kier molecular flexibility index (Phi) is 1.51. The molecule has 4 rings (SSSR count). The van der Waals surface area contributed by atoms with E-state index in [0.717, 1.165) is 24.2 Å². The number of hydrogen-bond donors (Lipinski definition) is 1. The second-order valence-corrected chi connectivity index (χ2v) is 6.23. The number of H-pyrrole nitrogens is 1. The third-order valence-corrected chi connectivity index (χ3v) is 5.37. The number of hydrogen-bond acceptors (Lipinski definition) is 4. The summed E-state index contributed by atoms with van der Waals surface area (Å²) in [7, 11) is 0. The number of fused-ring (bicyclic) bond motifs is 6. The van der Waals surface area contributed by atoms with Crippen molar-refractivity contribution in [1.29, 1.82) is 0 Å². The number of aromatic nitrogens is 5. The number of nitrogens with zero attached hydrogens (tertiary/aromatic N) is 4. The van der Waals surface area contributed by atoms with E-state index >= 15 is 0 Å². The van der Waals surface area contributed by atoms with Crippen molar-refractivity contribution in [3.05, 3.63) is 21.9 Å². The van der Waals surface area contributed by atoms with E-state index in [2.05, 4.69) is 41.1 Å². The molecule has 1 saturated carbocycles. The number of aromatic amines is 1. The topological polar surface area (TPSA) is 75.9 Å². The molecular weight excluding hydrogens is 230 g/mol. The lowest BCUT2D eigenvalue weighted by Gasteiger charge is -2.33. The van der Waals surface area contributed by atoms with Crippen LogP contribution in [0.3, 0.4) is 0 Å². The highest BCUT2D eigenvalue weighted by molar-refractivity contribution is 5.43. The average molecular weight is 245 g/mol. The maximum absolute atomic E-state index is 11.6. The molecule has 1 fully saturated rings. The van der Waals surface area contributed by atoms with Gasteiger partial charge in [-0.2, -0.15) is 5.10 Å². The van der Waals surface area contributed by atoms with Crippen LogP contribution in [0.4, 0.5) is 0 Å². The first-order valence-corrected chi connectivity index (χ1v) is 6.31. The predicted molar refractivity (Wildman–Crippen MR) is 64.5 cm³/mol. The molecule has 2 atom stereocenters. The van der Waals surface area contributed by atoms with E-state index in [1.165, 1.54) is 4.52 Å². The molecule has 0 unspecified atom stereocenters. The number of nitrogens with one attached hydrogen (secondary N) is 1. The molecule has 0 aliphatic heterocycles. The molecule has 2 aromatic rings. The summed E-state index contributed by atoms with van der Waals surface area (Å²) in [5.74, 6) is 0.777. The zero-order valence-corrected chi connectivity index (χ0v) is 10.7. The molecule has 6 nitrogen and oxygen atoms in total. The van der Waals surface area contributed by atoms with Crippen molar-refractivity contribution < 1.29 is 0 Å². The van der Waals surface area contributed by atoms with Gasteiger partial charge in [-0.05, 0) is 18.3 Å². The van der Waals surface area contributed by atoms with E-state index in [-0.39, 0.29) is 16.5 Å². The van der Waals surface area contributed by atoms with Crippen molar-refractivity contribution in [2.24, 2.45) is 5.41 Å². The van der Waals surface area contributed by atoms with Gasteiger partial charge in [0, 0.05) is 11.3 Å². The van der Waals surface area contributed by atoms with E-state index in [9.17, 15) is 4.79 Å². The van der Waals surface area contributed by atoms with Crippen LogP contribution < -0.4 is 5.69 Å². The van der Waals surface area contributed by atoms with E-state index in [1.54, 1.807) is 0 Å². The molecule has 18 heavy (non-hydrogen) atoms. The normalized spacial score (nSPS) is 32.1. The molecule has 0 radical (unpaired) electrons. The van der Waals surface area contributed by atoms with Crippen LogP contribution in [0.5, 0.6) is 0 Å². The minimum absolute atomic E-state index is 0.0523. The minimum atomic E-state index is -0.314. The molecule has 94 valence electrons. The largest absolute Gasteiger partial charge is 0.365 e. The molecule has 2 bridgehead atoms. The lowest BCUT2D eigenvalue weighted by Crippen LogP contribution is -2.32. The molecule has 0 saturated heterocycles. The molecule has 2 aliphatic carbocycles. The fraction of sp³-hybridized carbons (Fsp3) is 0.667. The van der Waals surface area contributed by atoms with Crippen LogP contribution >= 0.6 is 0 Å². The standard InChI is InChI=1S/C12H15N5O/c1-11(2)6-4-5-12(11,3)8-7(6)16-17-9(13-8)14-15-10(17)18/h6H,4-5H2,1-3H3,(H,15,18)/t6-,12+/m1/s1. The summed E-state index contributed by atoms with van der Waals surface area (Å²) >= 11 is 0. The summed E-state index contributed by atoms with van der Waals surface area (Å²) in [6, 6.07) is 0. The van der Waals surface area contributed by atoms with Crippen molar-refractivity contribution >= 4 is 5.78 Å². The number of rotatable bonds is 0. The second-order valence-electron chi connectivity index (χ2n) is 6.23. The van der Waals surface area contributed by atoms with Gasteiger partial charge in [-0.1, -0.05) is 20.8 Å². The SMILES string of the molecule is CC1(C)[C@@H]2CC[C@@]1(C)c1nc3n[nH]c(=O)n3nc12. The molecular formula is C12H15N5O. The first-order valence-electron chi connectivity index (χ1n) is 6.31. The molecule has 6 heteroatoms. The van der Waals surface area contributed by atoms with Crippen molar-refractivity contribution in [1.82, 2.24) is 24.8 Å². The second kappa shape index (κ2) is 2.65. The van der Waals surface area contributed by atoms with Crippen LogP contribution in [0.25, 0.3) is 5.78 Å². The maximum atomic E-state index is 11.6. The lowest BCUT2D eigenvalue weighted by atomic mass is 9.70. The third-order valence-electron chi connectivity index (χ3n) is 5.37. The van der Waals surface area contributed by atoms with Gasteiger partial charge in [-0.3, -0.25) is 0 Å². The predicted octanol–water partition coefficient (Wildman–Crippen LogP) is 0.988. The summed E-state index contributed by atoms with van der Waals surface area (Å²) in [4.78, 5) is 16.2. The Morgan fingerprint density at radius 1 is 1.39 bits per heavy atom. The van der Waals surface area contributed by atoms with Crippen molar-refractivity contribution in [3.63, 3.8) is 0 Å². The summed E-state index contributed by atoms with van der Waals surface area (Å²) in [5, 5.41) is 10.8. The van der Waals surface area contributed by atoms with Gasteiger partial charge in [-0.15, -0.1) is 9.61 Å². The van der Waals surface area contributed by atoms with Gasteiger partial charge in [0.05, 0.1) is 11.4 Å². The monoisotopic (exact) mass is 245 g/mol. The van der Waals surface area contributed by atoms with E-state index in [1.807, 2.05) is 0 Å². The Balaban J connectivity index is 2.12. The molecule has 0 spiro atoms. The van der Waals surface area contributed by atoms with E-state index in [4.69, 9.17) is 0 Å². The average Bonchev–Trinajstić information content (AvgIpc) is 2.84. The smallest absolute Gasteiger partial charge is 0.244 e. The molecule has 2 aromatic heterocycles. The Hall–Kier alpha value is -1.72. The summed E-state index contributed by atoms with van der Waals surface area (Å²) in [5.41, 5.74) is 1.92. The summed E-state index contributed by atoms with van der Waals surface area (Å²) < 4.78 is 1.28. The molecule has 0 aromatic carbocycles. The Morgan fingerprint density at radius 2 is 2.17 bits per heavy atom. The molecule has 2 heterocycles. The Morgan fingerprint density at radius 3 is 2.94 bits per heavy atom. The van der Waals surface area contributed by atoms with Crippen molar-refractivity contribution in [2.45, 2.75) is 44.9 Å². The Labute approximate surface area is 103 Å².